The number of Topliss-reactive ketones (excluding diaryl/α,β-unsaturated/α-hetero) is 1. The molecule has 1 atom stereocenters. The number of nitrogens with zero attached hydrogens (tertiary/aromatic N) is 2. The molecule has 0 amide bonds. The van der Waals surface area contributed by atoms with Gasteiger partial charge in [0.05, 0.1) is 6.54 Å². The van der Waals surface area contributed by atoms with Gasteiger partial charge in [-0.15, -0.1) is 0 Å². The fourth-order valence-electron chi connectivity index (χ4n) is 2.79. The van der Waals surface area contributed by atoms with Gasteiger partial charge in [-0.1, -0.05) is 6.92 Å². The van der Waals surface area contributed by atoms with Crippen LogP contribution >= 0.6 is 0 Å². The second kappa shape index (κ2) is 5.08. The summed E-state index contributed by atoms with van der Waals surface area (Å²) in [5.74, 6) is 0.390. The lowest BCUT2D eigenvalue weighted by molar-refractivity contribution is -0.119. The first-order valence-corrected chi connectivity index (χ1v) is 6.27. The molecule has 15 heavy (non-hydrogen) atoms. The van der Waals surface area contributed by atoms with Gasteiger partial charge in [-0.3, -0.25) is 14.6 Å². The third-order valence-electron chi connectivity index (χ3n) is 3.68. The highest BCUT2D eigenvalue weighted by Gasteiger charge is 2.28. The molecule has 0 N–H and O–H groups in total. The molecule has 0 aromatic carbocycles. The van der Waals surface area contributed by atoms with Crippen molar-refractivity contribution in [1.82, 2.24) is 9.80 Å². The highest BCUT2D eigenvalue weighted by molar-refractivity contribution is 5.80. The summed E-state index contributed by atoms with van der Waals surface area (Å²) in [6.45, 7) is 7.38. The first kappa shape index (κ1) is 11.1. The minimum atomic E-state index is 0.390. The van der Waals surface area contributed by atoms with Crippen molar-refractivity contribution in [2.24, 2.45) is 0 Å². The van der Waals surface area contributed by atoms with Gasteiger partial charge >= 0.3 is 0 Å². The van der Waals surface area contributed by atoms with E-state index in [9.17, 15) is 4.79 Å². The SMILES string of the molecule is CCC(=O)CN1CCCN2CCCC2C1. The first-order valence-electron chi connectivity index (χ1n) is 6.27. The molecule has 0 saturated carbocycles. The normalized spacial score (nSPS) is 28.7. The van der Waals surface area contributed by atoms with Crippen LogP contribution in [0.2, 0.25) is 0 Å². The Labute approximate surface area is 92.4 Å². The molecule has 3 heteroatoms. The standard InChI is InChI=1S/C12H22N2O/c1-2-12(15)10-13-6-4-8-14-7-3-5-11(14)9-13/h11H,2-10H2,1H3. The van der Waals surface area contributed by atoms with E-state index in [4.69, 9.17) is 0 Å². The van der Waals surface area contributed by atoms with Gasteiger partial charge in [0, 0.05) is 19.0 Å². The summed E-state index contributed by atoms with van der Waals surface area (Å²) in [6, 6.07) is 0.733. The summed E-state index contributed by atoms with van der Waals surface area (Å²) in [4.78, 5) is 16.4. The van der Waals surface area contributed by atoms with Crippen LogP contribution in [0, 0.1) is 0 Å². The van der Waals surface area contributed by atoms with Gasteiger partial charge in [-0.05, 0) is 38.9 Å². The van der Waals surface area contributed by atoms with E-state index in [0.29, 0.717) is 18.7 Å². The summed E-state index contributed by atoms with van der Waals surface area (Å²) in [6.07, 6.45) is 4.59. The Kier molecular flexibility index (Phi) is 3.76. The number of carbonyl (C=O) groups is 1. The number of hydrogen-bond donors (Lipinski definition) is 0. The maximum absolute atomic E-state index is 11.4. The van der Waals surface area contributed by atoms with E-state index in [0.717, 1.165) is 19.1 Å². The van der Waals surface area contributed by atoms with Gasteiger partial charge in [0.1, 0.15) is 5.78 Å². The van der Waals surface area contributed by atoms with E-state index < -0.39 is 0 Å². The van der Waals surface area contributed by atoms with Crippen LogP contribution in [0.5, 0.6) is 0 Å². The second-order valence-corrected chi connectivity index (χ2v) is 4.81. The van der Waals surface area contributed by atoms with Gasteiger partial charge in [-0.25, -0.2) is 0 Å². The van der Waals surface area contributed by atoms with E-state index in [2.05, 4.69) is 9.80 Å². The van der Waals surface area contributed by atoms with Crippen LogP contribution in [0.4, 0.5) is 0 Å². The molecular formula is C12H22N2O. The lowest BCUT2D eigenvalue weighted by Crippen LogP contribution is -2.38. The molecule has 86 valence electrons. The van der Waals surface area contributed by atoms with Gasteiger partial charge in [0.15, 0.2) is 0 Å². The van der Waals surface area contributed by atoms with Gasteiger partial charge in [-0.2, -0.15) is 0 Å². The molecule has 1 unspecified atom stereocenters. The molecule has 0 spiro atoms. The predicted molar refractivity (Wildman–Crippen MR) is 61.0 cm³/mol. The average molecular weight is 210 g/mol. The van der Waals surface area contributed by atoms with Crippen LogP contribution in [-0.4, -0.2) is 54.3 Å². The van der Waals surface area contributed by atoms with Crippen molar-refractivity contribution in [1.29, 1.82) is 0 Å². The Balaban J connectivity index is 1.88. The van der Waals surface area contributed by atoms with E-state index in [1.807, 2.05) is 6.92 Å². The zero-order valence-electron chi connectivity index (χ0n) is 9.74. The molecular weight excluding hydrogens is 188 g/mol. The predicted octanol–water partition coefficient (Wildman–Crippen LogP) is 1.14. The molecule has 0 bridgehead atoms. The molecule has 0 aromatic rings. The van der Waals surface area contributed by atoms with Crippen LogP contribution in [0.25, 0.3) is 0 Å². The van der Waals surface area contributed by atoms with Gasteiger partial charge < -0.3 is 0 Å². The van der Waals surface area contributed by atoms with E-state index in [1.165, 1.54) is 32.4 Å². The van der Waals surface area contributed by atoms with Crippen molar-refractivity contribution >= 4 is 5.78 Å². The van der Waals surface area contributed by atoms with Crippen LogP contribution < -0.4 is 0 Å². The summed E-state index contributed by atoms with van der Waals surface area (Å²) in [5.41, 5.74) is 0. The Morgan fingerprint density at radius 3 is 2.87 bits per heavy atom. The fraction of sp³-hybridized carbons (Fsp3) is 0.917. The van der Waals surface area contributed by atoms with Crippen molar-refractivity contribution in [3.05, 3.63) is 0 Å². The zero-order chi connectivity index (χ0) is 10.7. The lowest BCUT2D eigenvalue weighted by Gasteiger charge is -2.24. The summed E-state index contributed by atoms with van der Waals surface area (Å²) < 4.78 is 0. The van der Waals surface area contributed by atoms with Crippen molar-refractivity contribution < 1.29 is 4.79 Å². The topological polar surface area (TPSA) is 23.6 Å². The van der Waals surface area contributed by atoms with E-state index in [1.54, 1.807) is 0 Å². The molecule has 2 heterocycles. The van der Waals surface area contributed by atoms with Crippen molar-refractivity contribution in [3.63, 3.8) is 0 Å². The fourth-order valence-corrected chi connectivity index (χ4v) is 2.79. The maximum Gasteiger partial charge on any atom is 0.146 e. The Hall–Kier alpha value is -0.410. The van der Waals surface area contributed by atoms with Crippen molar-refractivity contribution in [2.45, 2.75) is 38.6 Å². The van der Waals surface area contributed by atoms with E-state index >= 15 is 0 Å². The van der Waals surface area contributed by atoms with Crippen molar-refractivity contribution in [3.8, 4) is 0 Å². The lowest BCUT2D eigenvalue weighted by atomic mass is 10.2. The molecule has 2 rings (SSSR count). The summed E-state index contributed by atoms with van der Waals surface area (Å²) in [7, 11) is 0. The molecule has 2 aliphatic heterocycles. The number of rotatable bonds is 3. The largest absolute Gasteiger partial charge is 0.299 e. The highest BCUT2D eigenvalue weighted by atomic mass is 16.1. The smallest absolute Gasteiger partial charge is 0.146 e. The number of fused-ring (bicyclic) bond motifs is 1. The Bertz CT molecular complexity index is 230. The van der Waals surface area contributed by atoms with Crippen LogP contribution in [0.3, 0.4) is 0 Å². The number of carbonyl (C=O) groups excluding carboxylic acids is 1. The monoisotopic (exact) mass is 210 g/mol. The molecule has 0 radical (unpaired) electrons. The third kappa shape index (κ3) is 2.79. The summed E-state index contributed by atoms with van der Waals surface area (Å²) in [5, 5.41) is 0. The van der Waals surface area contributed by atoms with Gasteiger partial charge in [0.2, 0.25) is 0 Å². The zero-order valence-corrected chi connectivity index (χ0v) is 9.74. The van der Waals surface area contributed by atoms with Crippen LogP contribution in [0.15, 0.2) is 0 Å². The minimum Gasteiger partial charge on any atom is -0.299 e. The molecule has 2 aliphatic rings. The quantitative estimate of drug-likeness (QED) is 0.698. The molecule has 2 saturated heterocycles. The maximum atomic E-state index is 11.4. The third-order valence-corrected chi connectivity index (χ3v) is 3.68. The van der Waals surface area contributed by atoms with Crippen molar-refractivity contribution in [2.75, 3.05) is 32.7 Å². The molecule has 0 aromatic heterocycles. The average Bonchev–Trinajstić information content (AvgIpc) is 2.58. The number of hydrogen-bond acceptors (Lipinski definition) is 3. The summed E-state index contributed by atoms with van der Waals surface area (Å²) >= 11 is 0. The van der Waals surface area contributed by atoms with Crippen LogP contribution in [0.1, 0.15) is 32.6 Å². The van der Waals surface area contributed by atoms with E-state index in [-0.39, 0.29) is 0 Å². The van der Waals surface area contributed by atoms with Crippen LogP contribution in [-0.2, 0) is 4.79 Å². The Morgan fingerprint density at radius 2 is 2.07 bits per heavy atom. The minimum absolute atomic E-state index is 0.390. The highest BCUT2D eigenvalue weighted by Crippen LogP contribution is 2.21. The first-order chi connectivity index (χ1) is 7.29. The Morgan fingerprint density at radius 1 is 1.27 bits per heavy atom. The second-order valence-electron chi connectivity index (χ2n) is 4.81. The van der Waals surface area contributed by atoms with Gasteiger partial charge in [0.25, 0.3) is 0 Å². The molecule has 2 fully saturated rings. The molecule has 3 nitrogen and oxygen atoms in total. The molecule has 0 aliphatic carbocycles. The number of ketones is 1.